The van der Waals surface area contributed by atoms with E-state index in [-0.39, 0.29) is 37.7 Å². The molecule has 24 aliphatic rings. The fraction of sp³-hybridized carbons (Fsp3) is 0.464. The van der Waals surface area contributed by atoms with Crippen molar-refractivity contribution in [2.75, 3.05) is 0 Å². The summed E-state index contributed by atoms with van der Waals surface area (Å²) in [6.07, 6.45) is 5.31. The fourth-order valence-electron chi connectivity index (χ4n) is 27.6. The Morgan fingerprint density at radius 2 is 1.51 bits per heavy atom. The third-order valence-corrected chi connectivity index (χ3v) is 28.9. The van der Waals surface area contributed by atoms with Crippen LogP contribution in [0.2, 0.25) is 0 Å². The zero-order valence-electron chi connectivity index (χ0n) is 45.3. The highest BCUT2D eigenvalue weighted by molar-refractivity contribution is 6.27. The standard InChI is InChI=1S/C69H51BO15/c70-59-39-22-4-15-3-20-14(8-30(15)71)7-28-33(74)13-26-35(63(80)81)25-6-17-10-32(73)23-12-27-21(61(76)77)11-29-60(75)19-2-1-18-34(62(78)79)24-5-16(9-31(22)72)48(39)65(83)51(24)41-36(18)37(19)55-45-40(41)44-54(65)47(59)43-42-46(52(26)64(28,82)50(20)43)53(25)68-49(17)38(23)57(66(27)67(29,55)84-66)58(45)69(68,85-68)56(42)44/h1-2,4-6,12-13,15-16,21,25,28-33,35,43,49-52,55,57-58,60,71-75,82-83H,3,7-11,70H2,(H,76,77)(H,78,79)(H,80,81)/b22-4-/t15?,16?,21?,25?,28?,29?,30?,31?,32?,33?,35?,43?,49?,50?,51?,52?,55?,57?,58?,60?,64-,65?,66-,67?,68?,69-/m1/s1. The molecule has 85 heavy (non-hydrogen) atoms. The molecule has 4 saturated carbocycles. The van der Waals surface area contributed by atoms with Gasteiger partial charge in [-0.1, -0.05) is 64.7 Å². The minimum atomic E-state index is -2.00. The number of ether oxygens (including phenoxy) is 2. The lowest BCUT2D eigenvalue weighted by atomic mass is 9.29. The van der Waals surface area contributed by atoms with Gasteiger partial charge in [0.05, 0.1) is 53.5 Å². The van der Waals surface area contributed by atoms with Crippen molar-refractivity contribution in [3.63, 3.8) is 0 Å². The molecule has 420 valence electrons. The summed E-state index contributed by atoms with van der Waals surface area (Å²) < 4.78 is 16.4. The Bertz CT molecular complexity index is 4770. The minimum Gasteiger partial charge on any atom is -0.481 e. The van der Waals surface area contributed by atoms with E-state index in [1.807, 2.05) is 24.3 Å². The number of rotatable bonds is 3. The van der Waals surface area contributed by atoms with E-state index in [4.69, 9.17) is 9.47 Å². The van der Waals surface area contributed by atoms with Gasteiger partial charge in [0.2, 0.25) is 0 Å². The van der Waals surface area contributed by atoms with Gasteiger partial charge in [-0.3, -0.25) is 9.59 Å². The molecule has 10 N–H and O–H groups in total. The summed E-state index contributed by atoms with van der Waals surface area (Å²) in [4.78, 5) is 43.7. The molecule has 1 aromatic rings. The molecule has 23 unspecified atom stereocenters. The van der Waals surface area contributed by atoms with E-state index >= 15 is 10.2 Å². The van der Waals surface area contributed by atoms with Gasteiger partial charge in [-0.05, 0) is 149 Å². The lowest BCUT2D eigenvalue weighted by Crippen LogP contribution is -2.74. The summed E-state index contributed by atoms with van der Waals surface area (Å²) in [7, 11) is 2.08. The van der Waals surface area contributed by atoms with Gasteiger partial charge in [-0.15, -0.1) is 0 Å². The number of carboxylic acid groups (broad SMARTS) is 3. The van der Waals surface area contributed by atoms with Crippen molar-refractivity contribution >= 4 is 36.9 Å². The van der Waals surface area contributed by atoms with E-state index < -0.39 is 171 Å². The number of fused-ring (bicyclic) bond motifs is 1. The number of aliphatic hydroxyl groups is 7. The quantitative estimate of drug-likeness (QED) is 0.116. The summed E-state index contributed by atoms with van der Waals surface area (Å²) in [5.41, 5.74) is 9.12. The maximum atomic E-state index is 15.7. The van der Waals surface area contributed by atoms with Crippen LogP contribution in [0.15, 0.2) is 159 Å². The second kappa shape index (κ2) is 12.1. The van der Waals surface area contributed by atoms with Crippen LogP contribution in [0.3, 0.4) is 0 Å². The maximum absolute atomic E-state index is 15.7. The highest BCUT2D eigenvalue weighted by atomic mass is 16.6. The van der Waals surface area contributed by atoms with E-state index in [1.165, 1.54) is 0 Å². The molecule has 1 aromatic carbocycles. The van der Waals surface area contributed by atoms with Crippen molar-refractivity contribution in [1.82, 2.24) is 0 Å². The summed E-state index contributed by atoms with van der Waals surface area (Å²) in [6.45, 7) is 0. The van der Waals surface area contributed by atoms with E-state index in [0.717, 1.165) is 83.5 Å². The average Bonchev–Trinajstić information content (AvgIpc) is 1.44. The average molecular weight is 1130 g/mol. The molecule has 25 rings (SSSR count). The summed E-state index contributed by atoms with van der Waals surface area (Å²) >= 11 is 0. The molecule has 4 bridgehead atoms. The largest absolute Gasteiger partial charge is 0.481 e. The number of aliphatic carboxylic acids is 3. The summed E-state index contributed by atoms with van der Waals surface area (Å²) in [5, 5.41) is 132. The van der Waals surface area contributed by atoms with Gasteiger partial charge >= 0.3 is 17.9 Å². The highest BCUT2D eigenvalue weighted by Gasteiger charge is 2.99. The van der Waals surface area contributed by atoms with E-state index in [9.17, 15) is 55.2 Å². The molecule has 22 aliphatic carbocycles. The van der Waals surface area contributed by atoms with Crippen molar-refractivity contribution in [2.45, 2.75) is 109 Å². The molecule has 2 aliphatic heterocycles. The first-order chi connectivity index (χ1) is 40.8. The van der Waals surface area contributed by atoms with Crippen LogP contribution in [-0.4, -0.2) is 135 Å². The first-order valence-electron chi connectivity index (χ1n) is 31.2. The van der Waals surface area contributed by atoms with Crippen LogP contribution in [0.1, 0.15) is 61.7 Å². The van der Waals surface area contributed by atoms with Gasteiger partial charge in [0, 0.05) is 88.1 Å². The van der Waals surface area contributed by atoms with E-state index in [1.54, 1.807) is 12.1 Å². The van der Waals surface area contributed by atoms with Gasteiger partial charge in [0.25, 0.3) is 0 Å². The Morgan fingerprint density at radius 1 is 0.682 bits per heavy atom. The zero-order valence-corrected chi connectivity index (χ0v) is 45.3. The number of allylic oxidation sites excluding steroid dienone is 5. The van der Waals surface area contributed by atoms with Crippen LogP contribution in [0.4, 0.5) is 0 Å². The third-order valence-electron chi connectivity index (χ3n) is 28.9. The Morgan fingerprint density at radius 3 is 2.31 bits per heavy atom. The second-order valence-electron chi connectivity index (χ2n) is 30.4. The lowest BCUT2D eigenvalue weighted by molar-refractivity contribution is -0.156. The van der Waals surface area contributed by atoms with Crippen LogP contribution in [0, 0.1) is 82.9 Å². The van der Waals surface area contributed by atoms with Crippen LogP contribution in [0.5, 0.6) is 0 Å². The molecule has 6 fully saturated rings. The number of aliphatic hydroxyl groups excluding tert-OH is 5. The predicted octanol–water partition coefficient (Wildman–Crippen LogP) is 1.14. The Kier molecular flexibility index (Phi) is 6.39. The van der Waals surface area contributed by atoms with Crippen LogP contribution in [0.25, 0.3) is 11.1 Å². The summed E-state index contributed by atoms with van der Waals surface area (Å²) in [6, 6.07) is 3.64. The minimum absolute atomic E-state index is 0.0302. The number of benzene rings is 1. The molecule has 15 nitrogen and oxygen atoms in total. The van der Waals surface area contributed by atoms with Crippen molar-refractivity contribution in [3.8, 4) is 0 Å². The normalized spacial score (nSPS) is 54.6. The van der Waals surface area contributed by atoms with Gasteiger partial charge in [0.15, 0.2) is 0 Å². The number of epoxide rings is 2. The monoisotopic (exact) mass is 1130 g/mol. The van der Waals surface area contributed by atoms with Crippen LogP contribution < -0.4 is 10.4 Å². The van der Waals surface area contributed by atoms with Gasteiger partial charge in [0.1, 0.15) is 35.9 Å². The van der Waals surface area contributed by atoms with Crippen molar-refractivity contribution in [1.29, 1.82) is 0 Å². The topological polar surface area (TPSA) is 279 Å². The van der Waals surface area contributed by atoms with Crippen molar-refractivity contribution < 1.29 is 74.9 Å². The molecule has 16 heteroatoms. The summed E-state index contributed by atoms with van der Waals surface area (Å²) in [5.74, 6) is -15.5. The second-order valence-corrected chi connectivity index (χ2v) is 30.4. The number of hydrogen-bond acceptors (Lipinski definition) is 12. The van der Waals surface area contributed by atoms with Crippen molar-refractivity contribution in [2.24, 2.45) is 82.9 Å². The Balaban J connectivity index is 0.969. The van der Waals surface area contributed by atoms with Gasteiger partial charge in [-0.2, -0.15) is 0 Å². The van der Waals surface area contributed by atoms with Gasteiger partial charge < -0.3 is 60.5 Å². The van der Waals surface area contributed by atoms with Crippen LogP contribution in [-0.2, 0) is 23.9 Å². The maximum Gasteiger partial charge on any atom is 0.336 e. The van der Waals surface area contributed by atoms with E-state index in [2.05, 4.69) is 13.9 Å². The molecule has 4 spiro atoms. The highest BCUT2D eigenvalue weighted by Crippen LogP contribution is 2.94. The molecular weight excluding hydrogens is 1080 g/mol. The number of carboxylic acids is 3. The third kappa shape index (κ3) is 3.58. The molecule has 2 saturated heterocycles. The fourth-order valence-corrected chi connectivity index (χ4v) is 27.6. The molecule has 0 amide bonds. The smallest absolute Gasteiger partial charge is 0.336 e. The Hall–Kier alpha value is -6.31. The first kappa shape index (κ1) is 45.0. The molecule has 26 atom stereocenters. The van der Waals surface area contributed by atoms with E-state index in [0.29, 0.717) is 67.0 Å². The molecule has 2 heterocycles. The lowest BCUT2D eigenvalue weighted by Gasteiger charge is -2.72. The molecule has 0 radical (unpaired) electrons. The Labute approximate surface area is 482 Å². The zero-order chi connectivity index (χ0) is 56.5. The number of carbonyl (C=O) groups is 3. The van der Waals surface area contributed by atoms with Crippen LogP contribution >= 0.6 is 0 Å². The van der Waals surface area contributed by atoms with Crippen molar-refractivity contribution in [3.05, 3.63) is 181 Å². The molecular formula is C69H51BO15. The first-order valence-corrected chi connectivity index (χ1v) is 31.2. The van der Waals surface area contributed by atoms with Gasteiger partial charge in [-0.25, -0.2) is 4.79 Å². The SMILES string of the molecule is BC1=C2C3=C4C5=C6C7c8c9ccc%10c8=C5C5C(=CC8CC(O)/C(=C/C%11CC%12=C(CC%11O)CC%11C(O)C=C%13C(C(=O)O)C%14C=C%15CC(O)C%16=C%17C%15C%15%18O[C@]%15(C4=C4C(=C%14%18)C%13[C@]%11(O)C%12C24)C6C%17[C@@]24OC72C(CC(C(=O)O)C4=C%16)C9O)C1=C8C35O)C=%10C(=O)O. The molecule has 0 aromatic heterocycles. The predicted molar refractivity (Wildman–Crippen MR) is 292 cm³/mol. The number of hydrogen-bond donors (Lipinski definition) is 10.